The van der Waals surface area contributed by atoms with E-state index < -0.39 is 0 Å². The molecule has 0 atom stereocenters. The van der Waals surface area contributed by atoms with Gasteiger partial charge in [-0.2, -0.15) is 0 Å². The molecule has 0 bridgehead atoms. The van der Waals surface area contributed by atoms with Gasteiger partial charge in [0.25, 0.3) is 0 Å². The molecule has 2 aromatic carbocycles. The number of amides is 2. The highest BCUT2D eigenvalue weighted by molar-refractivity contribution is 5.73. The summed E-state index contributed by atoms with van der Waals surface area (Å²) in [6.07, 6.45) is 0. The maximum absolute atomic E-state index is 12.4. The summed E-state index contributed by atoms with van der Waals surface area (Å²) in [6.45, 7) is 8.66. The molecule has 0 unspecified atom stereocenters. The lowest BCUT2D eigenvalue weighted by Crippen LogP contribution is -2.36. The second kappa shape index (κ2) is 9.46. The molecule has 3 rings (SSSR count). The normalized spacial score (nSPS) is 12.3. The topological polar surface area (TPSA) is 54.0 Å². The molecule has 1 aliphatic rings. The van der Waals surface area contributed by atoms with Gasteiger partial charge >= 0.3 is 6.03 Å². The summed E-state index contributed by atoms with van der Waals surface area (Å²) in [7, 11) is 1.78. The first-order valence-corrected chi connectivity index (χ1v) is 9.76. The molecule has 0 radical (unpaired) electrons. The predicted molar refractivity (Wildman–Crippen MR) is 109 cm³/mol. The van der Waals surface area contributed by atoms with Crippen molar-refractivity contribution in [3.63, 3.8) is 0 Å². The van der Waals surface area contributed by atoms with Crippen LogP contribution in [-0.2, 0) is 19.6 Å². The van der Waals surface area contributed by atoms with Crippen LogP contribution < -0.4 is 14.8 Å². The van der Waals surface area contributed by atoms with E-state index >= 15 is 0 Å². The number of benzene rings is 2. The summed E-state index contributed by atoms with van der Waals surface area (Å²) < 4.78 is 10.7. The van der Waals surface area contributed by atoms with Crippen LogP contribution in [0.2, 0.25) is 0 Å². The third kappa shape index (κ3) is 5.16. The Bertz CT molecular complexity index is 788. The molecule has 0 saturated carbocycles. The molecule has 0 spiro atoms. The summed E-state index contributed by atoms with van der Waals surface area (Å²) in [6, 6.07) is 14.1. The Morgan fingerprint density at radius 3 is 2.29 bits per heavy atom. The average molecular weight is 383 g/mol. The molecule has 28 heavy (non-hydrogen) atoms. The Hall–Kier alpha value is -2.73. The van der Waals surface area contributed by atoms with Crippen molar-refractivity contribution in [1.82, 2.24) is 15.1 Å². The minimum atomic E-state index is -0.107. The van der Waals surface area contributed by atoms with E-state index in [2.05, 4.69) is 48.3 Å². The molecule has 0 fully saturated rings. The zero-order chi connectivity index (χ0) is 19.9. The number of nitrogens with one attached hydrogen (secondary N) is 1. The van der Waals surface area contributed by atoms with E-state index in [1.165, 1.54) is 5.56 Å². The standard InChI is InChI=1S/C22H29N3O3/c1-4-25(5-2)15-18-8-6-17(7-9-18)13-23-22(26)24(3)14-19-10-11-20-21(12-19)28-16-27-20/h6-12H,4-5,13-16H2,1-3H3,(H,23,26). The van der Waals surface area contributed by atoms with Crippen molar-refractivity contribution in [1.29, 1.82) is 0 Å². The van der Waals surface area contributed by atoms with Gasteiger partial charge in [-0.3, -0.25) is 4.90 Å². The van der Waals surface area contributed by atoms with Gasteiger partial charge in [-0.05, 0) is 41.9 Å². The zero-order valence-corrected chi connectivity index (χ0v) is 16.9. The predicted octanol–water partition coefficient (Wildman–Crippen LogP) is 3.60. The molecule has 6 heteroatoms. The lowest BCUT2D eigenvalue weighted by Gasteiger charge is -2.19. The van der Waals surface area contributed by atoms with Crippen molar-refractivity contribution in [2.75, 3.05) is 26.9 Å². The van der Waals surface area contributed by atoms with Crippen molar-refractivity contribution in [3.8, 4) is 11.5 Å². The fourth-order valence-electron chi connectivity index (χ4n) is 3.17. The van der Waals surface area contributed by atoms with Crippen molar-refractivity contribution >= 4 is 6.03 Å². The van der Waals surface area contributed by atoms with Gasteiger partial charge in [-0.15, -0.1) is 0 Å². The van der Waals surface area contributed by atoms with Crippen molar-refractivity contribution < 1.29 is 14.3 Å². The molecule has 2 amide bonds. The average Bonchev–Trinajstić information content (AvgIpc) is 3.19. The maximum Gasteiger partial charge on any atom is 0.317 e. The van der Waals surface area contributed by atoms with Crippen molar-refractivity contribution in [3.05, 3.63) is 59.2 Å². The zero-order valence-electron chi connectivity index (χ0n) is 16.9. The molecular formula is C22H29N3O3. The largest absolute Gasteiger partial charge is 0.454 e. The van der Waals surface area contributed by atoms with Crippen LogP contribution in [0.1, 0.15) is 30.5 Å². The SMILES string of the molecule is CCN(CC)Cc1ccc(CNC(=O)N(C)Cc2ccc3c(c2)OCO3)cc1. The molecule has 6 nitrogen and oxygen atoms in total. The van der Waals surface area contributed by atoms with Gasteiger partial charge in [0.05, 0.1) is 0 Å². The monoisotopic (exact) mass is 383 g/mol. The van der Waals surface area contributed by atoms with Crippen LogP contribution in [0.4, 0.5) is 4.79 Å². The van der Waals surface area contributed by atoms with Crippen LogP contribution in [0.3, 0.4) is 0 Å². The Morgan fingerprint density at radius 1 is 0.929 bits per heavy atom. The van der Waals surface area contributed by atoms with E-state index in [1.807, 2.05) is 18.2 Å². The maximum atomic E-state index is 12.4. The number of ether oxygens (including phenoxy) is 2. The van der Waals surface area contributed by atoms with Crippen LogP contribution in [0.15, 0.2) is 42.5 Å². The fourth-order valence-corrected chi connectivity index (χ4v) is 3.17. The molecule has 2 aromatic rings. The highest BCUT2D eigenvalue weighted by Crippen LogP contribution is 2.32. The molecule has 0 saturated heterocycles. The van der Waals surface area contributed by atoms with Crippen LogP contribution >= 0.6 is 0 Å². The Kier molecular flexibility index (Phi) is 6.76. The molecule has 0 aromatic heterocycles. The summed E-state index contributed by atoms with van der Waals surface area (Å²) in [5.41, 5.74) is 3.38. The van der Waals surface area contributed by atoms with E-state index in [1.54, 1.807) is 11.9 Å². The number of nitrogens with zero attached hydrogens (tertiary/aromatic N) is 2. The molecule has 1 heterocycles. The lowest BCUT2D eigenvalue weighted by atomic mass is 10.1. The first-order chi connectivity index (χ1) is 13.6. The Balaban J connectivity index is 1.48. The van der Waals surface area contributed by atoms with Crippen LogP contribution in [0, 0.1) is 0 Å². The molecule has 0 aliphatic carbocycles. The van der Waals surface area contributed by atoms with Gasteiger partial charge in [0.2, 0.25) is 6.79 Å². The lowest BCUT2D eigenvalue weighted by molar-refractivity contribution is 0.174. The third-order valence-electron chi connectivity index (χ3n) is 4.97. The van der Waals surface area contributed by atoms with Gasteiger partial charge in [-0.1, -0.05) is 44.2 Å². The second-order valence-electron chi connectivity index (χ2n) is 6.98. The van der Waals surface area contributed by atoms with Crippen molar-refractivity contribution in [2.45, 2.75) is 33.5 Å². The summed E-state index contributed by atoms with van der Waals surface area (Å²) in [5.74, 6) is 1.48. The quantitative estimate of drug-likeness (QED) is 0.757. The first-order valence-electron chi connectivity index (χ1n) is 9.76. The first kappa shape index (κ1) is 20.0. The number of hydrogen-bond acceptors (Lipinski definition) is 4. The van der Waals surface area contributed by atoms with Crippen LogP contribution in [0.25, 0.3) is 0 Å². The van der Waals surface area contributed by atoms with E-state index in [-0.39, 0.29) is 12.8 Å². The van der Waals surface area contributed by atoms with Gasteiger partial charge in [-0.25, -0.2) is 4.79 Å². The highest BCUT2D eigenvalue weighted by Gasteiger charge is 2.15. The molecule has 150 valence electrons. The number of hydrogen-bond donors (Lipinski definition) is 1. The summed E-state index contributed by atoms with van der Waals surface area (Å²) >= 11 is 0. The van der Waals surface area contributed by atoms with E-state index in [9.17, 15) is 4.79 Å². The van der Waals surface area contributed by atoms with Gasteiger partial charge < -0.3 is 19.7 Å². The van der Waals surface area contributed by atoms with E-state index in [4.69, 9.17) is 9.47 Å². The minimum absolute atomic E-state index is 0.107. The number of carbonyl (C=O) groups is 1. The number of rotatable bonds is 8. The minimum Gasteiger partial charge on any atom is -0.454 e. The summed E-state index contributed by atoms with van der Waals surface area (Å²) in [4.78, 5) is 16.4. The van der Waals surface area contributed by atoms with Crippen molar-refractivity contribution in [2.24, 2.45) is 0 Å². The second-order valence-corrected chi connectivity index (χ2v) is 6.98. The molecule has 1 aliphatic heterocycles. The van der Waals surface area contributed by atoms with Crippen LogP contribution in [0.5, 0.6) is 11.5 Å². The smallest absolute Gasteiger partial charge is 0.317 e. The van der Waals surface area contributed by atoms with E-state index in [0.717, 1.165) is 42.3 Å². The fraction of sp³-hybridized carbons (Fsp3) is 0.409. The van der Waals surface area contributed by atoms with Gasteiger partial charge in [0, 0.05) is 26.7 Å². The van der Waals surface area contributed by atoms with Gasteiger partial charge in [0.15, 0.2) is 11.5 Å². The highest BCUT2D eigenvalue weighted by atomic mass is 16.7. The molecular weight excluding hydrogens is 354 g/mol. The summed E-state index contributed by atoms with van der Waals surface area (Å²) in [5, 5.41) is 2.97. The number of fused-ring (bicyclic) bond motifs is 1. The molecule has 1 N–H and O–H groups in total. The van der Waals surface area contributed by atoms with E-state index in [0.29, 0.717) is 13.1 Å². The Labute approximate surface area is 167 Å². The number of urea groups is 1. The Morgan fingerprint density at radius 2 is 1.57 bits per heavy atom. The van der Waals surface area contributed by atoms with Gasteiger partial charge in [0.1, 0.15) is 0 Å². The third-order valence-corrected chi connectivity index (χ3v) is 4.97. The van der Waals surface area contributed by atoms with Crippen LogP contribution in [-0.4, -0.2) is 42.8 Å². The number of carbonyl (C=O) groups excluding carboxylic acids is 1.